The summed E-state index contributed by atoms with van der Waals surface area (Å²) in [7, 11) is 1.59. The van der Waals surface area contributed by atoms with Gasteiger partial charge in [-0.1, -0.05) is 6.07 Å². The first-order valence-corrected chi connectivity index (χ1v) is 10.1. The Morgan fingerprint density at radius 2 is 2.06 bits per heavy atom. The van der Waals surface area contributed by atoms with E-state index in [1.165, 1.54) is 10.6 Å². The summed E-state index contributed by atoms with van der Waals surface area (Å²) in [5, 5.41) is 9.45. The normalized spacial score (nSPS) is 13.9. The molecule has 5 rings (SSSR count). The monoisotopic (exact) mass is 438 g/mol. The number of nitrogens with zero attached hydrogens (tertiary/aromatic N) is 4. The van der Waals surface area contributed by atoms with Crippen LogP contribution in [0.2, 0.25) is 0 Å². The van der Waals surface area contributed by atoms with Crippen molar-refractivity contribution in [1.29, 1.82) is 0 Å². The first-order chi connectivity index (χ1) is 15.4. The molecule has 4 aromatic rings. The van der Waals surface area contributed by atoms with Gasteiger partial charge in [0.2, 0.25) is 0 Å². The molecule has 10 nitrogen and oxygen atoms in total. The van der Waals surface area contributed by atoms with Crippen LogP contribution in [-0.2, 0) is 13.6 Å². The van der Waals surface area contributed by atoms with Crippen LogP contribution in [0.3, 0.4) is 0 Å². The van der Waals surface area contributed by atoms with Crippen molar-refractivity contribution in [2.75, 3.05) is 0 Å². The Balaban J connectivity index is 1.40. The Hall–Kier alpha value is -4.02. The van der Waals surface area contributed by atoms with Gasteiger partial charge in [-0.25, -0.2) is 18.7 Å². The van der Waals surface area contributed by atoms with Crippen molar-refractivity contribution < 1.29 is 18.4 Å². The maximum Gasteiger partial charge on any atom is 0.419 e. The molecule has 0 bridgehead atoms. The maximum atomic E-state index is 14.2. The molecule has 1 aliphatic rings. The summed E-state index contributed by atoms with van der Waals surface area (Å²) in [6.45, 7) is 0.131. The Labute approximate surface area is 180 Å². The van der Waals surface area contributed by atoms with E-state index in [0.29, 0.717) is 11.1 Å². The summed E-state index contributed by atoms with van der Waals surface area (Å²) < 4.78 is 21.7. The molecule has 1 fully saturated rings. The summed E-state index contributed by atoms with van der Waals surface area (Å²) in [4.78, 5) is 41.1. The second kappa shape index (κ2) is 7.59. The second-order valence-corrected chi connectivity index (χ2v) is 7.77. The number of hydrogen-bond acceptors (Lipinski definition) is 6. The number of fused-ring (bicyclic) bond motifs is 2. The highest BCUT2D eigenvalue weighted by molar-refractivity contribution is 5.98. The van der Waals surface area contributed by atoms with Crippen molar-refractivity contribution in [3.63, 3.8) is 0 Å². The number of benzene rings is 1. The predicted octanol–water partition coefficient (Wildman–Crippen LogP) is 1.53. The van der Waals surface area contributed by atoms with E-state index in [1.807, 2.05) is 0 Å². The third-order valence-electron chi connectivity index (χ3n) is 5.64. The first-order valence-electron chi connectivity index (χ1n) is 10.1. The van der Waals surface area contributed by atoms with Crippen LogP contribution in [0.1, 0.15) is 45.8 Å². The average Bonchev–Trinajstić information content (AvgIpc) is 3.27. The standard InChI is InChI=1S/C21H19FN6O4/c1-27-15-7-11(5-6-17(15)32-21(27)31)9-23-19(29)14-8-16(20(30)25-12-3-2-4-12)28-18(26-14)13(22)10-24-28/h5-8,10,12H,2-4,9H2,1H3,(H,23,29)(H,25,30). The van der Waals surface area contributed by atoms with E-state index in [4.69, 9.17) is 4.42 Å². The van der Waals surface area contributed by atoms with E-state index in [2.05, 4.69) is 20.7 Å². The molecular weight excluding hydrogens is 419 g/mol. The van der Waals surface area contributed by atoms with Gasteiger partial charge in [-0.15, -0.1) is 0 Å². The second-order valence-electron chi connectivity index (χ2n) is 7.77. The van der Waals surface area contributed by atoms with Crippen LogP contribution in [0, 0.1) is 5.82 Å². The van der Waals surface area contributed by atoms with Crippen molar-refractivity contribution in [3.8, 4) is 0 Å². The van der Waals surface area contributed by atoms with Crippen LogP contribution in [0.15, 0.2) is 39.7 Å². The maximum absolute atomic E-state index is 14.2. The zero-order valence-corrected chi connectivity index (χ0v) is 17.1. The van der Waals surface area contributed by atoms with Crippen LogP contribution in [0.4, 0.5) is 4.39 Å². The van der Waals surface area contributed by atoms with Gasteiger partial charge < -0.3 is 15.1 Å². The molecule has 0 saturated heterocycles. The molecule has 0 spiro atoms. The van der Waals surface area contributed by atoms with Gasteiger partial charge in [-0.3, -0.25) is 14.2 Å². The van der Waals surface area contributed by atoms with Gasteiger partial charge in [0, 0.05) is 25.7 Å². The largest absolute Gasteiger partial charge is 0.419 e. The minimum absolute atomic E-state index is 0.0331. The van der Waals surface area contributed by atoms with Crippen molar-refractivity contribution in [2.24, 2.45) is 7.05 Å². The highest BCUT2D eigenvalue weighted by Gasteiger charge is 2.24. The van der Waals surface area contributed by atoms with Crippen LogP contribution >= 0.6 is 0 Å². The lowest BCUT2D eigenvalue weighted by molar-refractivity contribution is 0.0909. The average molecular weight is 438 g/mol. The SMILES string of the molecule is Cn1c(=O)oc2ccc(CNC(=O)c3cc(C(=O)NC4CCC4)n4ncc(F)c4n3)cc21. The third kappa shape index (κ3) is 3.41. The minimum Gasteiger partial charge on any atom is -0.408 e. The molecule has 11 heteroatoms. The summed E-state index contributed by atoms with van der Waals surface area (Å²) >= 11 is 0. The lowest BCUT2D eigenvalue weighted by Crippen LogP contribution is -2.40. The molecule has 0 unspecified atom stereocenters. The molecule has 32 heavy (non-hydrogen) atoms. The van der Waals surface area contributed by atoms with Crippen LogP contribution in [-0.4, -0.2) is 37.0 Å². The molecule has 0 atom stereocenters. The molecule has 164 valence electrons. The Kier molecular flexibility index (Phi) is 4.72. The van der Waals surface area contributed by atoms with Gasteiger partial charge in [-0.2, -0.15) is 5.10 Å². The quantitative estimate of drug-likeness (QED) is 0.487. The number of carbonyl (C=O) groups excluding carboxylic acids is 2. The van der Waals surface area contributed by atoms with Crippen LogP contribution < -0.4 is 16.4 Å². The van der Waals surface area contributed by atoms with E-state index in [0.717, 1.165) is 35.5 Å². The number of rotatable bonds is 5. The highest BCUT2D eigenvalue weighted by atomic mass is 19.1. The van der Waals surface area contributed by atoms with Crippen molar-refractivity contribution in [3.05, 3.63) is 63.8 Å². The molecule has 0 radical (unpaired) electrons. The molecule has 2 N–H and O–H groups in total. The minimum atomic E-state index is -0.733. The molecule has 1 aromatic carbocycles. The van der Waals surface area contributed by atoms with Crippen LogP contribution in [0.25, 0.3) is 16.7 Å². The zero-order chi connectivity index (χ0) is 22.4. The highest BCUT2D eigenvalue weighted by Crippen LogP contribution is 2.19. The summed E-state index contributed by atoms with van der Waals surface area (Å²) in [5.74, 6) is -2.23. The number of oxazole rings is 1. The fourth-order valence-electron chi connectivity index (χ4n) is 3.58. The van der Waals surface area contributed by atoms with E-state index in [1.54, 1.807) is 25.2 Å². The number of nitrogens with one attached hydrogen (secondary N) is 2. The molecule has 0 aliphatic heterocycles. The van der Waals surface area contributed by atoms with Crippen molar-refractivity contribution >= 4 is 28.6 Å². The number of carbonyl (C=O) groups is 2. The Bertz CT molecular complexity index is 1430. The molecule has 3 heterocycles. The smallest absolute Gasteiger partial charge is 0.408 e. The first kappa shape index (κ1) is 19.9. The predicted molar refractivity (Wildman–Crippen MR) is 111 cm³/mol. The van der Waals surface area contributed by atoms with E-state index in [9.17, 15) is 18.8 Å². The Morgan fingerprint density at radius 3 is 2.81 bits per heavy atom. The molecule has 2 amide bonds. The number of hydrogen-bond donors (Lipinski definition) is 2. The molecular formula is C21H19FN6O4. The van der Waals surface area contributed by atoms with E-state index < -0.39 is 23.4 Å². The fourth-order valence-corrected chi connectivity index (χ4v) is 3.58. The van der Waals surface area contributed by atoms with Gasteiger partial charge >= 0.3 is 5.76 Å². The molecule has 3 aromatic heterocycles. The van der Waals surface area contributed by atoms with Gasteiger partial charge in [0.05, 0.1) is 11.7 Å². The summed E-state index contributed by atoms with van der Waals surface area (Å²) in [6, 6.07) is 6.46. The molecule has 1 aliphatic carbocycles. The van der Waals surface area contributed by atoms with Gasteiger partial charge in [-0.05, 0) is 37.0 Å². The zero-order valence-electron chi connectivity index (χ0n) is 17.1. The number of amides is 2. The summed E-state index contributed by atoms with van der Waals surface area (Å²) in [5.41, 5.74) is 1.49. The third-order valence-corrected chi connectivity index (χ3v) is 5.64. The van der Waals surface area contributed by atoms with E-state index >= 15 is 0 Å². The number of aryl methyl sites for hydroxylation is 1. The fraction of sp³-hybridized carbons (Fsp3) is 0.286. The topological polar surface area (TPSA) is 124 Å². The van der Waals surface area contributed by atoms with Gasteiger partial charge in [0.1, 0.15) is 11.4 Å². The lowest BCUT2D eigenvalue weighted by atomic mass is 9.93. The number of halogens is 1. The van der Waals surface area contributed by atoms with Crippen molar-refractivity contribution in [2.45, 2.75) is 31.8 Å². The summed E-state index contributed by atoms with van der Waals surface area (Å²) in [6.07, 6.45) is 3.76. The van der Waals surface area contributed by atoms with Crippen LogP contribution in [0.5, 0.6) is 0 Å². The number of aromatic nitrogens is 4. The Morgan fingerprint density at radius 1 is 1.25 bits per heavy atom. The van der Waals surface area contributed by atoms with E-state index in [-0.39, 0.29) is 29.6 Å². The van der Waals surface area contributed by atoms with Gasteiger partial charge in [0.25, 0.3) is 11.8 Å². The van der Waals surface area contributed by atoms with Crippen molar-refractivity contribution in [1.82, 2.24) is 29.8 Å². The lowest BCUT2D eigenvalue weighted by Gasteiger charge is -2.26. The molecule has 1 saturated carbocycles. The van der Waals surface area contributed by atoms with Gasteiger partial charge in [0.15, 0.2) is 17.0 Å².